The largest absolute Gasteiger partial charge is 0.493 e. The highest BCUT2D eigenvalue weighted by atomic mass is 16.5. The number of ether oxygens (including phenoxy) is 2. The Kier molecular flexibility index (Phi) is 7.29. The zero-order chi connectivity index (χ0) is 21.5. The van der Waals surface area contributed by atoms with Crippen LogP contribution in [0.5, 0.6) is 5.75 Å². The molecule has 2 aliphatic rings. The van der Waals surface area contributed by atoms with Gasteiger partial charge in [-0.25, -0.2) is 0 Å². The molecule has 0 atom stereocenters. The molecule has 166 valence electrons. The van der Waals surface area contributed by atoms with Crippen molar-refractivity contribution in [2.45, 2.75) is 63.2 Å². The summed E-state index contributed by atoms with van der Waals surface area (Å²) in [6.45, 7) is 2.17. The van der Waals surface area contributed by atoms with Crippen molar-refractivity contribution < 1.29 is 19.4 Å². The molecule has 4 nitrogen and oxygen atoms in total. The van der Waals surface area contributed by atoms with Crippen LogP contribution in [0.3, 0.4) is 0 Å². The van der Waals surface area contributed by atoms with Gasteiger partial charge in [-0.3, -0.25) is 4.79 Å². The molecular weight excluding hydrogens is 388 g/mol. The number of carbonyl (C=O) groups is 1. The van der Waals surface area contributed by atoms with E-state index in [9.17, 15) is 9.90 Å². The summed E-state index contributed by atoms with van der Waals surface area (Å²) in [6.07, 6.45) is 8.78. The molecule has 1 N–H and O–H groups in total. The number of hydrogen-bond acceptors (Lipinski definition) is 3. The Balaban J connectivity index is 1.18. The lowest BCUT2D eigenvalue weighted by Gasteiger charge is -2.37. The summed E-state index contributed by atoms with van der Waals surface area (Å²) in [5.41, 5.74) is 4.36. The monoisotopic (exact) mass is 422 g/mol. The molecule has 1 saturated carbocycles. The second-order valence-corrected chi connectivity index (χ2v) is 9.12. The lowest BCUT2D eigenvalue weighted by atomic mass is 9.67. The van der Waals surface area contributed by atoms with Gasteiger partial charge in [0.1, 0.15) is 5.75 Å². The molecule has 2 aromatic rings. The molecule has 0 heterocycles. The highest BCUT2D eigenvalue weighted by molar-refractivity contribution is 5.70. The van der Waals surface area contributed by atoms with Gasteiger partial charge in [0.05, 0.1) is 12.5 Å². The van der Waals surface area contributed by atoms with E-state index in [1.165, 1.54) is 16.7 Å². The van der Waals surface area contributed by atoms with Crippen LogP contribution in [0.2, 0.25) is 0 Å². The molecule has 0 radical (unpaired) electrons. The summed E-state index contributed by atoms with van der Waals surface area (Å²) in [7, 11) is 0. The molecule has 0 aliphatic heterocycles. The average Bonchev–Trinajstić information content (AvgIpc) is 3.14. The van der Waals surface area contributed by atoms with Gasteiger partial charge in [0, 0.05) is 19.6 Å². The van der Waals surface area contributed by atoms with E-state index in [-0.39, 0.29) is 11.3 Å². The summed E-state index contributed by atoms with van der Waals surface area (Å²) in [5, 5.41) is 9.32. The van der Waals surface area contributed by atoms with Gasteiger partial charge in [0.15, 0.2) is 0 Å². The topological polar surface area (TPSA) is 55.8 Å². The van der Waals surface area contributed by atoms with Crippen LogP contribution in [-0.2, 0) is 27.8 Å². The van der Waals surface area contributed by atoms with E-state index < -0.39 is 5.97 Å². The Morgan fingerprint density at radius 1 is 0.968 bits per heavy atom. The van der Waals surface area contributed by atoms with Gasteiger partial charge < -0.3 is 14.6 Å². The maximum atomic E-state index is 11.3. The van der Waals surface area contributed by atoms with E-state index in [1.807, 2.05) is 6.07 Å². The predicted octanol–water partition coefficient (Wildman–Crippen LogP) is 5.56. The lowest BCUT2D eigenvalue weighted by Crippen LogP contribution is -2.32. The van der Waals surface area contributed by atoms with Crippen LogP contribution in [0.4, 0.5) is 0 Å². The van der Waals surface area contributed by atoms with Gasteiger partial charge in [-0.15, -0.1) is 0 Å². The fourth-order valence-electron chi connectivity index (χ4n) is 5.28. The number of aliphatic carboxylic acids is 1. The second kappa shape index (κ2) is 10.3. The summed E-state index contributed by atoms with van der Waals surface area (Å²) in [6, 6.07) is 17.0. The zero-order valence-corrected chi connectivity index (χ0v) is 18.4. The molecule has 0 saturated heterocycles. The highest BCUT2D eigenvalue weighted by Crippen LogP contribution is 2.50. The quantitative estimate of drug-likeness (QED) is 0.509. The number of carboxylic acids is 1. The Morgan fingerprint density at radius 3 is 2.52 bits per heavy atom. The molecular formula is C27H34O4. The van der Waals surface area contributed by atoms with Crippen LogP contribution < -0.4 is 4.74 Å². The molecule has 0 amide bonds. The molecule has 2 aliphatic carbocycles. The molecule has 1 fully saturated rings. The van der Waals surface area contributed by atoms with Gasteiger partial charge in [-0.05, 0) is 85.6 Å². The van der Waals surface area contributed by atoms with Crippen LogP contribution >= 0.6 is 0 Å². The van der Waals surface area contributed by atoms with Crippen LogP contribution in [0.1, 0.15) is 61.6 Å². The van der Waals surface area contributed by atoms with Gasteiger partial charge in [-0.2, -0.15) is 0 Å². The first-order valence-corrected chi connectivity index (χ1v) is 11.8. The molecule has 0 aromatic heterocycles. The predicted molar refractivity (Wildman–Crippen MR) is 122 cm³/mol. The minimum absolute atomic E-state index is 0.165. The fourth-order valence-corrected chi connectivity index (χ4v) is 5.28. The molecule has 1 spiro atoms. The first-order chi connectivity index (χ1) is 15.2. The van der Waals surface area contributed by atoms with Gasteiger partial charge in [0.2, 0.25) is 0 Å². The molecule has 4 rings (SSSR count). The number of benzene rings is 2. The molecule has 0 unspecified atom stereocenters. The van der Waals surface area contributed by atoms with Crippen molar-refractivity contribution in [2.75, 3.05) is 19.8 Å². The van der Waals surface area contributed by atoms with E-state index in [0.717, 1.165) is 76.8 Å². The Morgan fingerprint density at radius 2 is 1.74 bits per heavy atom. The first-order valence-electron chi connectivity index (χ1n) is 11.8. The third kappa shape index (κ3) is 5.48. The smallest absolute Gasteiger partial charge is 0.306 e. The van der Waals surface area contributed by atoms with E-state index in [1.54, 1.807) is 0 Å². The van der Waals surface area contributed by atoms with E-state index in [0.29, 0.717) is 6.61 Å². The zero-order valence-electron chi connectivity index (χ0n) is 18.4. The molecule has 31 heavy (non-hydrogen) atoms. The molecule has 0 bridgehead atoms. The Labute approximate surface area is 185 Å². The molecule has 4 heteroatoms. The van der Waals surface area contributed by atoms with Crippen molar-refractivity contribution in [3.63, 3.8) is 0 Å². The second-order valence-electron chi connectivity index (χ2n) is 9.12. The Hall–Kier alpha value is -2.33. The first kappa shape index (κ1) is 21.9. The highest BCUT2D eigenvalue weighted by Gasteiger charge is 2.42. The third-order valence-electron chi connectivity index (χ3n) is 7.12. The lowest BCUT2D eigenvalue weighted by molar-refractivity contribution is -0.143. The van der Waals surface area contributed by atoms with Crippen molar-refractivity contribution in [2.24, 2.45) is 5.92 Å². The van der Waals surface area contributed by atoms with Crippen LogP contribution in [-0.4, -0.2) is 30.9 Å². The third-order valence-corrected chi connectivity index (χ3v) is 7.12. The van der Waals surface area contributed by atoms with Crippen molar-refractivity contribution in [3.05, 3.63) is 65.2 Å². The summed E-state index contributed by atoms with van der Waals surface area (Å²) < 4.78 is 11.8. The maximum Gasteiger partial charge on any atom is 0.306 e. The number of aryl methyl sites for hydroxylation is 2. The van der Waals surface area contributed by atoms with E-state index in [4.69, 9.17) is 9.47 Å². The summed E-state index contributed by atoms with van der Waals surface area (Å²) >= 11 is 0. The van der Waals surface area contributed by atoms with Crippen molar-refractivity contribution >= 4 is 5.97 Å². The van der Waals surface area contributed by atoms with Crippen molar-refractivity contribution in [3.8, 4) is 5.75 Å². The standard InChI is InChI=1S/C27H34O4/c28-26(29)23-12-15-27(16-13-23)14-11-22-9-10-24(20-25(22)27)31-19-5-18-30-17-4-8-21-6-2-1-3-7-21/h1-3,6-7,9-10,20,23H,4-5,8,11-19H2,(H,28,29). The minimum Gasteiger partial charge on any atom is -0.493 e. The molecule has 2 aromatic carbocycles. The van der Waals surface area contributed by atoms with Crippen molar-refractivity contribution in [1.82, 2.24) is 0 Å². The summed E-state index contributed by atoms with van der Waals surface area (Å²) in [5.74, 6) is 0.138. The van der Waals surface area contributed by atoms with Crippen LogP contribution in [0, 0.1) is 5.92 Å². The van der Waals surface area contributed by atoms with Gasteiger partial charge >= 0.3 is 5.97 Å². The number of fused-ring (bicyclic) bond motifs is 2. The Bertz CT molecular complexity index is 853. The van der Waals surface area contributed by atoms with Crippen LogP contribution in [0.25, 0.3) is 0 Å². The number of carboxylic acid groups (broad SMARTS) is 1. The fraction of sp³-hybridized carbons (Fsp3) is 0.519. The average molecular weight is 423 g/mol. The van der Waals surface area contributed by atoms with Gasteiger partial charge in [-0.1, -0.05) is 36.4 Å². The van der Waals surface area contributed by atoms with E-state index >= 15 is 0 Å². The normalized spacial score (nSPS) is 22.4. The van der Waals surface area contributed by atoms with Crippen LogP contribution in [0.15, 0.2) is 48.5 Å². The number of rotatable bonds is 10. The SMILES string of the molecule is O=C(O)C1CCC2(CCc3ccc(OCCCOCCCc4ccccc4)cc32)CC1. The van der Waals surface area contributed by atoms with Crippen molar-refractivity contribution in [1.29, 1.82) is 0 Å². The van der Waals surface area contributed by atoms with Gasteiger partial charge in [0.25, 0.3) is 0 Å². The minimum atomic E-state index is -0.632. The summed E-state index contributed by atoms with van der Waals surface area (Å²) in [4.78, 5) is 11.3. The maximum absolute atomic E-state index is 11.3. The van der Waals surface area contributed by atoms with E-state index in [2.05, 4.69) is 42.5 Å². The number of hydrogen-bond donors (Lipinski definition) is 1.